The van der Waals surface area contributed by atoms with Crippen LogP contribution in [-0.4, -0.2) is 19.4 Å². The molecule has 0 atom stereocenters. The van der Waals surface area contributed by atoms with E-state index in [0.717, 1.165) is 16.5 Å². The van der Waals surface area contributed by atoms with Crippen LogP contribution in [0.2, 0.25) is 0 Å². The van der Waals surface area contributed by atoms with Gasteiger partial charge in [-0.25, -0.2) is 0 Å². The van der Waals surface area contributed by atoms with Crippen molar-refractivity contribution in [3.8, 4) is 0 Å². The summed E-state index contributed by atoms with van der Waals surface area (Å²) >= 11 is 0. The van der Waals surface area contributed by atoms with E-state index in [1.54, 1.807) is 13.1 Å². The highest BCUT2D eigenvalue weighted by Crippen LogP contribution is 2.21. The van der Waals surface area contributed by atoms with Gasteiger partial charge in [0.05, 0.1) is 6.54 Å². The van der Waals surface area contributed by atoms with Gasteiger partial charge in [-0.1, -0.05) is 24.3 Å². The van der Waals surface area contributed by atoms with E-state index >= 15 is 0 Å². The fourth-order valence-electron chi connectivity index (χ4n) is 1.73. The topological polar surface area (TPSA) is 42.2 Å². The summed E-state index contributed by atoms with van der Waals surface area (Å²) < 4.78 is 5.55. The summed E-state index contributed by atoms with van der Waals surface area (Å²) in [6, 6.07) is 7.69. The molecule has 0 radical (unpaired) electrons. The summed E-state index contributed by atoms with van der Waals surface area (Å²) in [6.07, 6.45) is 3.97. The second kappa shape index (κ2) is 4.97. The van der Waals surface area contributed by atoms with Crippen LogP contribution in [0, 0.1) is 0 Å². The molecule has 0 amide bonds. The highest BCUT2D eigenvalue weighted by molar-refractivity contribution is 5.99. The van der Waals surface area contributed by atoms with Crippen molar-refractivity contribution in [3.63, 3.8) is 0 Å². The number of carbonyl (C=O) groups is 1. The second-order valence-corrected chi connectivity index (χ2v) is 3.86. The summed E-state index contributed by atoms with van der Waals surface area (Å²) in [7, 11) is 1.74. The molecule has 0 aliphatic rings. The summed E-state index contributed by atoms with van der Waals surface area (Å²) in [4.78, 5) is 11.7. The van der Waals surface area contributed by atoms with Crippen LogP contribution in [0.1, 0.15) is 23.0 Å². The predicted octanol–water partition coefficient (Wildman–Crippen LogP) is 2.87. The first-order valence-corrected chi connectivity index (χ1v) is 5.58. The molecule has 0 saturated heterocycles. The number of benzene rings is 1. The lowest BCUT2D eigenvalue weighted by Gasteiger charge is -1.93. The van der Waals surface area contributed by atoms with E-state index in [1.165, 1.54) is 0 Å². The lowest BCUT2D eigenvalue weighted by molar-refractivity contribution is 0.0969. The average molecular weight is 229 g/mol. The predicted molar refractivity (Wildman–Crippen MR) is 69.2 cm³/mol. The third kappa shape index (κ3) is 2.45. The minimum absolute atomic E-state index is 0.0312. The van der Waals surface area contributed by atoms with Gasteiger partial charge in [-0.3, -0.25) is 4.79 Å². The molecule has 1 N–H and O–H groups in total. The Kier molecular flexibility index (Phi) is 3.40. The molecular weight excluding hydrogens is 214 g/mol. The van der Waals surface area contributed by atoms with Crippen LogP contribution >= 0.6 is 0 Å². The van der Waals surface area contributed by atoms with E-state index in [1.807, 2.05) is 37.3 Å². The summed E-state index contributed by atoms with van der Waals surface area (Å²) in [5.41, 5.74) is 1.82. The van der Waals surface area contributed by atoms with Gasteiger partial charge in [0.2, 0.25) is 5.78 Å². The van der Waals surface area contributed by atoms with Gasteiger partial charge in [-0.15, -0.1) is 0 Å². The van der Waals surface area contributed by atoms with Crippen molar-refractivity contribution >= 4 is 22.8 Å². The molecule has 0 aliphatic carbocycles. The lowest BCUT2D eigenvalue weighted by Crippen LogP contribution is -2.17. The number of nitrogens with one attached hydrogen (secondary N) is 1. The first-order valence-electron chi connectivity index (χ1n) is 5.58. The molecule has 3 nitrogen and oxygen atoms in total. The number of allylic oxidation sites excluding steroid dienone is 1. The second-order valence-electron chi connectivity index (χ2n) is 3.86. The molecule has 2 aromatic rings. The Morgan fingerprint density at radius 1 is 1.41 bits per heavy atom. The Balaban J connectivity index is 2.40. The monoisotopic (exact) mass is 229 g/mol. The molecule has 3 heteroatoms. The van der Waals surface area contributed by atoms with Gasteiger partial charge >= 0.3 is 0 Å². The lowest BCUT2D eigenvalue weighted by atomic mass is 10.1. The molecule has 1 aromatic carbocycles. The van der Waals surface area contributed by atoms with Gasteiger partial charge in [0.1, 0.15) is 5.58 Å². The minimum atomic E-state index is -0.0312. The maximum Gasteiger partial charge on any atom is 0.211 e. The maximum atomic E-state index is 11.7. The van der Waals surface area contributed by atoms with E-state index in [2.05, 4.69) is 5.32 Å². The Labute approximate surface area is 100 Å². The number of fused-ring (bicyclic) bond motifs is 1. The van der Waals surface area contributed by atoms with Gasteiger partial charge in [0, 0.05) is 5.39 Å². The Morgan fingerprint density at radius 3 is 2.94 bits per heavy atom. The molecule has 17 heavy (non-hydrogen) atoms. The van der Waals surface area contributed by atoms with E-state index < -0.39 is 0 Å². The standard InChI is InChI=1S/C14H15NO2/c1-3-4-10-5-6-11-8-14(12(16)9-15-2)17-13(11)7-10/h3-8,15H,9H2,1-2H3. The van der Waals surface area contributed by atoms with Crippen LogP contribution in [0.5, 0.6) is 0 Å². The van der Waals surface area contributed by atoms with Crippen LogP contribution < -0.4 is 5.32 Å². The fourth-order valence-corrected chi connectivity index (χ4v) is 1.73. The Hall–Kier alpha value is -1.87. The number of hydrogen-bond donors (Lipinski definition) is 1. The van der Waals surface area contributed by atoms with Crippen molar-refractivity contribution < 1.29 is 9.21 Å². The fraction of sp³-hybridized carbons (Fsp3) is 0.214. The number of rotatable bonds is 4. The number of ketones is 1. The molecule has 88 valence electrons. The van der Waals surface area contributed by atoms with Crippen LogP contribution in [-0.2, 0) is 0 Å². The molecule has 0 aliphatic heterocycles. The smallest absolute Gasteiger partial charge is 0.211 e. The Bertz CT molecular complexity index is 567. The zero-order chi connectivity index (χ0) is 12.3. The van der Waals surface area contributed by atoms with Crippen LogP contribution in [0.4, 0.5) is 0 Å². The van der Waals surface area contributed by atoms with E-state index in [9.17, 15) is 4.79 Å². The van der Waals surface area contributed by atoms with Crippen molar-refractivity contribution in [2.75, 3.05) is 13.6 Å². The molecule has 0 fully saturated rings. The van der Waals surface area contributed by atoms with Gasteiger partial charge in [-0.2, -0.15) is 0 Å². The SMILES string of the molecule is CC=Cc1ccc2cc(C(=O)CNC)oc2c1. The number of hydrogen-bond acceptors (Lipinski definition) is 3. The van der Waals surface area contributed by atoms with Crippen molar-refractivity contribution in [1.29, 1.82) is 0 Å². The molecule has 0 spiro atoms. The van der Waals surface area contributed by atoms with Gasteiger partial charge in [0.25, 0.3) is 0 Å². The Morgan fingerprint density at radius 2 is 2.24 bits per heavy atom. The summed E-state index contributed by atoms with van der Waals surface area (Å²) in [5, 5.41) is 3.78. The van der Waals surface area contributed by atoms with Crippen LogP contribution in [0.15, 0.2) is 34.8 Å². The van der Waals surface area contributed by atoms with Crippen LogP contribution in [0.25, 0.3) is 17.0 Å². The highest BCUT2D eigenvalue weighted by Gasteiger charge is 2.11. The summed E-state index contributed by atoms with van der Waals surface area (Å²) in [6.45, 7) is 2.26. The largest absolute Gasteiger partial charge is 0.453 e. The van der Waals surface area contributed by atoms with E-state index in [0.29, 0.717) is 12.3 Å². The van der Waals surface area contributed by atoms with E-state index in [4.69, 9.17) is 4.42 Å². The zero-order valence-electron chi connectivity index (χ0n) is 9.99. The molecule has 1 aromatic heterocycles. The average Bonchev–Trinajstić information content (AvgIpc) is 2.73. The summed E-state index contributed by atoms with van der Waals surface area (Å²) in [5.74, 6) is 0.378. The van der Waals surface area contributed by atoms with Gasteiger partial charge in [0.15, 0.2) is 5.76 Å². The van der Waals surface area contributed by atoms with E-state index in [-0.39, 0.29) is 5.78 Å². The number of carbonyl (C=O) groups excluding carboxylic acids is 1. The molecule has 0 unspecified atom stereocenters. The number of Topliss-reactive ketones (excluding diaryl/α,β-unsaturated/α-hetero) is 1. The first kappa shape index (κ1) is 11.6. The number of likely N-dealkylation sites (N-methyl/N-ethyl adjacent to an activating group) is 1. The van der Waals surface area contributed by atoms with Gasteiger partial charge in [-0.05, 0) is 31.7 Å². The molecule has 0 saturated carbocycles. The van der Waals surface area contributed by atoms with Crippen molar-refractivity contribution in [2.24, 2.45) is 0 Å². The van der Waals surface area contributed by atoms with Crippen LogP contribution in [0.3, 0.4) is 0 Å². The number of furan rings is 1. The first-order chi connectivity index (χ1) is 8.24. The van der Waals surface area contributed by atoms with Crippen molar-refractivity contribution in [1.82, 2.24) is 5.32 Å². The highest BCUT2D eigenvalue weighted by atomic mass is 16.3. The maximum absolute atomic E-state index is 11.7. The third-order valence-corrected chi connectivity index (χ3v) is 2.52. The van der Waals surface area contributed by atoms with Gasteiger partial charge < -0.3 is 9.73 Å². The zero-order valence-corrected chi connectivity index (χ0v) is 9.99. The molecule has 1 heterocycles. The molecule has 0 bridgehead atoms. The normalized spacial score (nSPS) is 11.4. The minimum Gasteiger partial charge on any atom is -0.453 e. The van der Waals surface area contributed by atoms with Crippen molar-refractivity contribution in [3.05, 3.63) is 41.7 Å². The molecular formula is C14H15NO2. The van der Waals surface area contributed by atoms with Crippen molar-refractivity contribution in [2.45, 2.75) is 6.92 Å². The third-order valence-electron chi connectivity index (χ3n) is 2.52. The molecule has 2 rings (SSSR count). The quantitative estimate of drug-likeness (QED) is 0.820.